The quantitative estimate of drug-likeness (QED) is 0.410. The van der Waals surface area contributed by atoms with Crippen molar-refractivity contribution >= 4 is 34.6 Å². The smallest absolute Gasteiger partial charge is 0.354 e. The van der Waals surface area contributed by atoms with Gasteiger partial charge in [-0.25, -0.2) is 15.8 Å². The lowest BCUT2D eigenvalue weighted by Crippen LogP contribution is -2.13. The Labute approximate surface area is 135 Å². The summed E-state index contributed by atoms with van der Waals surface area (Å²) in [7, 11) is 2.90. The topological polar surface area (TPSA) is 137 Å². The monoisotopic (exact) mass is 340 g/mol. The molecule has 122 valence electrons. The van der Waals surface area contributed by atoms with E-state index < -0.39 is 10.6 Å². The number of nitro groups is 1. The Bertz CT molecular complexity index is 742. The number of nitrogen functional groups attached to an aromatic ring is 1. The lowest BCUT2D eigenvalue weighted by atomic mass is 10.2. The van der Waals surface area contributed by atoms with Crippen LogP contribution in [0, 0.1) is 10.1 Å². The van der Waals surface area contributed by atoms with E-state index in [9.17, 15) is 10.1 Å². The van der Waals surface area contributed by atoms with Gasteiger partial charge in [-0.3, -0.25) is 10.1 Å². The maximum atomic E-state index is 11.2. The number of nitrogens with zero attached hydrogens (tertiary/aromatic N) is 3. The van der Waals surface area contributed by atoms with E-state index in [0.29, 0.717) is 22.2 Å². The maximum absolute atomic E-state index is 11.2. The molecule has 0 bridgehead atoms. The first-order valence-electron chi connectivity index (χ1n) is 6.16. The summed E-state index contributed by atoms with van der Waals surface area (Å²) in [4.78, 5) is 18.1. The lowest BCUT2D eigenvalue weighted by Gasteiger charge is -2.13. The number of methoxy groups -OCH3 is 2. The highest BCUT2D eigenvalue weighted by molar-refractivity contribution is 6.32. The molecule has 23 heavy (non-hydrogen) atoms. The molecule has 1 heterocycles. The summed E-state index contributed by atoms with van der Waals surface area (Å²) in [5.41, 5.74) is 2.10. The van der Waals surface area contributed by atoms with Crippen LogP contribution in [0.2, 0.25) is 5.02 Å². The Kier molecular flexibility index (Phi) is 4.98. The van der Waals surface area contributed by atoms with Gasteiger partial charge in [0.1, 0.15) is 17.8 Å². The molecule has 1 aromatic carbocycles. The number of aromatic nitrogens is 2. The number of hydrazine groups is 1. The van der Waals surface area contributed by atoms with E-state index in [1.54, 1.807) is 6.07 Å². The molecular formula is C12H13ClN6O4. The van der Waals surface area contributed by atoms with Crippen LogP contribution in [0.25, 0.3) is 0 Å². The summed E-state index contributed by atoms with van der Waals surface area (Å²) in [6, 6.07) is 3.04. The van der Waals surface area contributed by atoms with Crippen LogP contribution in [0.15, 0.2) is 18.5 Å². The molecule has 0 aliphatic heterocycles. The number of hydrogen-bond donors (Lipinski definition) is 3. The fourth-order valence-electron chi connectivity index (χ4n) is 1.83. The van der Waals surface area contributed by atoms with Gasteiger partial charge in [0.15, 0.2) is 0 Å². The molecule has 2 aromatic rings. The van der Waals surface area contributed by atoms with Crippen LogP contribution in [0.3, 0.4) is 0 Å². The van der Waals surface area contributed by atoms with Crippen molar-refractivity contribution < 1.29 is 14.4 Å². The van der Waals surface area contributed by atoms with Crippen molar-refractivity contribution in [2.45, 2.75) is 0 Å². The normalized spacial score (nSPS) is 10.1. The molecule has 0 atom stereocenters. The first-order valence-corrected chi connectivity index (χ1v) is 6.54. The molecule has 0 saturated carbocycles. The zero-order valence-corrected chi connectivity index (χ0v) is 12.9. The van der Waals surface area contributed by atoms with E-state index in [0.717, 1.165) is 6.33 Å². The maximum Gasteiger partial charge on any atom is 0.354 e. The molecule has 0 fully saturated rings. The van der Waals surface area contributed by atoms with E-state index in [2.05, 4.69) is 20.7 Å². The van der Waals surface area contributed by atoms with Crippen LogP contribution in [0.1, 0.15) is 0 Å². The SMILES string of the molecule is COc1cc(OC)c(Nc2ncnc(NN)c2[N+](=O)[O-])cc1Cl. The Morgan fingerprint density at radius 1 is 1.22 bits per heavy atom. The van der Waals surface area contributed by atoms with Crippen molar-refractivity contribution in [3.63, 3.8) is 0 Å². The Balaban J connectivity index is 2.51. The third-order valence-corrected chi connectivity index (χ3v) is 3.16. The minimum Gasteiger partial charge on any atom is -0.495 e. The average molecular weight is 341 g/mol. The van der Waals surface area contributed by atoms with Crippen molar-refractivity contribution in [1.29, 1.82) is 0 Å². The summed E-state index contributed by atoms with van der Waals surface area (Å²) < 4.78 is 10.3. The van der Waals surface area contributed by atoms with Crippen molar-refractivity contribution in [2.24, 2.45) is 5.84 Å². The average Bonchev–Trinajstić information content (AvgIpc) is 2.54. The van der Waals surface area contributed by atoms with Gasteiger partial charge in [0.2, 0.25) is 11.6 Å². The fraction of sp³-hybridized carbons (Fsp3) is 0.167. The minimum atomic E-state index is -0.658. The van der Waals surface area contributed by atoms with Gasteiger partial charge in [-0.15, -0.1) is 0 Å². The Hall–Kier alpha value is -2.85. The number of benzene rings is 1. The molecule has 4 N–H and O–H groups in total. The standard InChI is InChI=1S/C12H13ClN6O4/c1-22-8-4-9(23-2)7(3-6(8)13)17-11-10(19(20)21)12(18-14)16-5-15-11/h3-5H,14H2,1-2H3,(H2,15,16,17,18). The van der Waals surface area contributed by atoms with Gasteiger partial charge in [0.25, 0.3) is 0 Å². The largest absolute Gasteiger partial charge is 0.495 e. The summed E-state index contributed by atoms with van der Waals surface area (Å²) in [5.74, 6) is 5.79. The number of hydrogen-bond acceptors (Lipinski definition) is 9. The Morgan fingerprint density at radius 2 is 1.87 bits per heavy atom. The second kappa shape index (κ2) is 6.94. The fourth-order valence-corrected chi connectivity index (χ4v) is 2.07. The van der Waals surface area contributed by atoms with Crippen LogP contribution in [0.4, 0.5) is 23.0 Å². The summed E-state index contributed by atoms with van der Waals surface area (Å²) >= 11 is 6.07. The van der Waals surface area contributed by atoms with Crippen LogP contribution in [-0.4, -0.2) is 29.1 Å². The molecule has 10 nitrogen and oxygen atoms in total. The minimum absolute atomic E-state index is 0.0718. The van der Waals surface area contributed by atoms with Crippen LogP contribution < -0.4 is 26.1 Å². The van der Waals surface area contributed by atoms with Crippen molar-refractivity contribution in [3.05, 3.63) is 33.6 Å². The molecule has 1 aromatic heterocycles. The van der Waals surface area contributed by atoms with E-state index in [1.807, 2.05) is 0 Å². The van der Waals surface area contributed by atoms with Crippen LogP contribution >= 0.6 is 11.6 Å². The zero-order chi connectivity index (χ0) is 17.0. The van der Waals surface area contributed by atoms with Gasteiger partial charge >= 0.3 is 5.69 Å². The van der Waals surface area contributed by atoms with Crippen LogP contribution in [0.5, 0.6) is 11.5 Å². The molecule has 0 radical (unpaired) electrons. The van der Waals surface area contributed by atoms with Gasteiger partial charge in [-0.2, -0.15) is 0 Å². The zero-order valence-electron chi connectivity index (χ0n) is 12.2. The van der Waals surface area contributed by atoms with Gasteiger partial charge in [0.05, 0.1) is 29.9 Å². The van der Waals surface area contributed by atoms with Crippen molar-refractivity contribution in [3.8, 4) is 11.5 Å². The second-order valence-corrected chi connectivity index (χ2v) is 4.54. The lowest BCUT2D eigenvalue weighted by molar-refractivity contribution is -0.383. The first-order chi connectivity index (χ1) is 11.0. The van der Waals surface area contributed by atoms with Crippen molar-refractivity contribution in [2.75, 3.05) is 25.0 Å². The number of anilines is 3. The summed E-state index contributed by atoms with van der Waals surface area (Å²) in [6.45, 7) is 0. The number of nitrogens with one attached hydrogen (secondary N) is 2. The van der Waals surface area contributed by atoms with E-state index in [1.165, 1.54) is 20.3 Å². The molecule has 0 amide bonds. The van der Waals surface area contributed by atoms with Gasteiger partial charge < -0.3 is 20.2 Å². The van der Waals surface area contributed by atoms with Gasteiger partial charge in [0, 0.05) is 6.07 Å². The highest BCUT2D eigenvalue weighted by atomic mass is 35.5. The molecule has 0 spiro atoms. The molecular weight excluding hydrogens is 328 g/mol. The molecule has 0 aliphatic rings. The van der Waals surface area contributed by atoms with Crippen LogP contribution in [-0.2, 0) is 0 Å². The Morgan fingerprint density at radius 3 is 2.43 bits per heavy atom. The number of rotatable bonds is 6. The molecule has 0 aliphatic carbocycles. The molecule has 0 unspecified atom stereocenters. The number of halogens is 1. The first kappa shape index (κ1) is 16.5. The second-order valence-electron chi connectivity index (χ2n) is 4.13. The van der Waals surface area contributed by atoms with E-state index in [4.69, 9.17) is 26.9 Å². The predicted molar refractivity (Wildman–Crippen MR) is 84.3 cm³/mol. The highest BCUT2D eigenvalue weighted by Gasteiger charge is 2.23. The van der Waals surface area contributed by atoms with Gasteiger partial charge in [-0.1, -0.05) is 11.6 Å². The summed E-state index contributed by atoms with van der Waals surface area (Å²) in [5, 5.41) is 14.3. The number of nitrogens with two attached hydrogens (primary N) is 1. The highest BCUT2D eigenvalue weighted by Crippen LogP contribution is 2.39. The predicted octanol–water partition coefficient (Wildman–Crippen LogP) is 2.08. The van der Waals surface area contributed by atoms with Crippen molar-refractivity contribution in [1.82, 2.24) is 9.97 Å². The van der Waals surface area contributed by atoms with E-state index in [-0.39, 0.29) is 11.6 Å². The van der Waals surface area contributed by atoms with E-state index >= 15 is 0 Å². The number of ether oxygens (including phenoxy) is 2. The molecule has 11 heteroatoms. The van der Waals surface area contributed by atoms with Gasteiger partial charge in [-0.05, 0) is 6.07 Å². The molecule has 0 saturated heterocycles. The molecule has 2 rings (SSSR count). The summed E-state index contributed by atoms with van der Waals surface area (Å²) in [6.07, 6.45) is 1.13. The third kappa shape index (κ3) is 3.33. The third-order valence-electron chi connectivity index (χ3n) is 2.87.